The number of aliphatic hydroxyl groups is 1. The number of nitrogens with one attached hydrogen (secondary N) is 2. The lowest BCUT2D eigenvalue weighted by atomic mass is 9.93. The first-order valence-electron chi connectivity index (χ1n) is 10.3. The van der Waals surface area contributed by atoms with E-state index in [9.17, 15) is 9.90 Å². The minimum atomic E-state index is -0.915. The van der Waals surface area contributed by atoms with E-state index >= 15 is 0 Å². The van der Waals surface area contributed by atoms with Crippen LogP contribution in [0.25, 0.3) is 5.70 Å². The fraction of sp³-hybridized carbons (Fsp3) is 0.375. The van der Waals surface area contributed by atoms with Crippen LogP contribution >= 0.6 is 0 Å². The number of carbonyl (C=O) groups excluding carboxylic acids is 1. The van der Waals surface area contributed by atoms with Crippen molar-refractivity contribution in [2.45, 2.75) is 45.8 Å². The lowest BCUT2D eigenvalue weighted by molar-refractivity contribution is 0.0314. The average Bonchev–Trinajstić information content (AvgIpc) is 2.99. The number of nitrogens with zero attached hydrogens (tertiary/aromatic N) is 2. The topological polar surface area (TPSA) is 88.8 Å². The molecule has 158 valence electrons. The van der Waals surface area contributed by atoms with E-state index in [4.69, 9.17) is 5.53 Å². The SMILES string of the molecule is CCc1cc2c(cc1Cc1ccc(/C(=C/NC)N=N)cc1)C(=O)N(CC(C)(C)O)C2. The van der Waals surface area contributed by atoms with Gasteiger partial charge in [0.15, 0.2) is 0 Å². The minimum Gasteiger partial charge on any atom is -0.392 e. The molecule has 2 aromatic rings. The number of benzene rings is 2. The van der Waals surface area contributed by atoms with Crippen LogP contribution in [-0.2, 0) is 19.4 Å². The third kappa shape index (κ3) is 4.76. The van der Waals surface area contributed by atoms with Crippen molar-refractivity contribution < 1.29 is 9.90 Å². The third-order valence-electron chi connectivity index (χ3n) is 5.31. The zero-order valence-corrected chi connectivity index (χ0v) is 18.1. The molecular formula is C24H30N4O2. The maximum absolute atomic E-state index is 12.9. The Morgan fingerprint density at radius 2 is 1.97 bits per heavy atom. The van der Waals surface area contributed by atoms with Crippen LogP contribution in [0.2, 0.25) is 0 Å². The van der Waals surface area contributed by atoms with Gasteiger partial charge in [-0.3, -0.25) is 4.79 Å². The van der Waals surface area contributed by atoms with E-state index in [0.717, 1.165) is 40.7 Å². The summed E-state index contributed by atoms with van der Waals surface area (Å²) in [7, 11) is 1.78. The monoisotopic (exact) mass is 406 g/mol. The quantitative estimate of drug-likeness (QED) is 0.576. The predicted octanol–water partition coefficient (Wildman–Crippen LogP) is 4.12. The Balaban J connectivity index is 1.85. The van der Waals surface area contributed by atoms with Crippen molar-refractivity contribution in [1.82, 2.24) is 10.2 Å². The summed E-state index contributed by atoms with van der Waals surface area (Å²) in [5, 5.41) is 16.6. The molecule has 0 saturated carbocycles. The minimum absolute atomic E-state index is 0.00900. The zero-order chi connectivity index (χ0) is 21.9. The fourth-order valence-electron chi connectivity index (χ4n) is 3.94. The van der Waals surface area contributed by atoms with Gasteiger partial charge >= 0.3 is 0 Å². The second kappa shape index (κ2) is 8.79. The normalized spacial score (nSPS) is 14.1. The molecule has 0 saturated heterocycles. The third-order valence-corrected chi connectivity index (χ3v) is 5.31. The van der Waals surface area contributed by atoms with Gasteiger partial charge in [0.2, 0.25) is 0 Å². The van der Waals surface area contributed by atoms with Gasteiger partial charge in [-0.2, -0.15) is 5.11 Å². The van der Waals surface area contributed by atoms with E-state index in [1.54, 1.807) is 32.0 Å². The summed E-state index contributed by atoms with van der Waals surface area (Å²) in [4.78, 5) is 14.6. The van der Waals surface area contributed by atoms with Gasteiger partial charge in [-0.1, -0.05) is 37.3 Å². The first-order valence-corrected chi connectivity index (χ1v) is 10.3. The van der Waals surface area contributed by atoms with Gasteiger partial charge in [-0.15, -0.1) is 0 Å². The van der Waals surface area contributed by atoms with E-state index in [1.807, 2.05) is 30.3 Å². The van der Waals surface area contributed by atoms with Crippen molar-refractivity contribution in [3.8, 4) is 0 Å². The highest BCUT2D eigenvalue weighted by Gasteiger charge is 2.31. The maximum Gasteiger partial charge on any atom is 0.254 e. The van der Waals surface area contributed by atoms with Gasteiger partial charge in [0.1, 0.15) is 5.70 Å². The van der Waals surface area contributed by atoms with Gasteiger partial charge < -0.3 is 15.3 Å². The average molecular weight is 407 g/mol. The lowest BCUT2D eigenvalue weighted by Gasteiger charge is -2.24. The number of hydrogen-bond donors (Lipinski definition) is 3. The standard InChI is InChI=1S/C24H30N4O2/c1-5-17-11-20-14-28(15-24(2,3)30)23(29)21(20)12-19(17)10-16-6-8-18(9-7-16)22(27-25)13-26-4/h6-9,11-13,25-26,30H,5,10,14-15H2,1-4H3/b22-13-,27-25?. The summed E-state index contributed by atoms with van der Waals surface area (Å²) < 4.78 is 0. The van der Waals surface area contributed by atoms with Crippen LogP contribution in [0.3, 0.4) is 0 Å². The number of rotatable bonds is 8. The molecule has 30 heavy (non-hydrogen) atoms. The Morgan fingerprint density at radius 3 is 2.53 bits per heavy atom. The molecule has 0 atom stereocenters. The van der Waals surface area contributed by atoms with Crippen molar-refractivity contribution >= 4 is 11.6 Å². The van der Waals surface area contributed by atoms with E-state index in [0.29, 0.717) is 18.8 Å². The number of aryl methyl sites for hydroxylation is 1. The second-order valence-electron chi connectivity index (χ2n) is 8.41. The van der Waals surface area contributed by atoms with Crippen molar-refractivity contribution in [1.29, 1.82) is 5.53 Å². The molecule has 0 unspecified atom stereocenters. The summed E-state index contributed by atoms with van der Waals surface area (Å²) >= 11 is 0. The van der Waals surface area contributed by atoms with Crippen LogP contribution in [0.5, 0.6) is 0 Å². The highest BCUT2D eigenvalue weighted by Crippen LogP contribution is 2.29. The molecule has 3 rings (SSSR count). The van der Waals surface area contributed by atoms with Gasteiger partial charge in [0.05, 0.1) is 5.60 Å². The van der Waals surface area contributed by atoms with Crippen LogP contribution in [0.15, 0.2) is 47.7 Å². The number of hydrogen-bond acceptors (Lipinski definition) is 5. The van der Waals surface area contributed by atoms with Crippen LogP contribution < -0.4 is 5.32 Å². The maximum atomic E-state index is 12.9. The highest BCUT2D eigenvalue weighted by molar-refractivity contribution is 5.98. The molecule has 0 radical (unpaired) electrons. The first-order chi connectivity index (χ1) is 14.3. The van der Waals surface area contributed by atoms with Crippen molar-refractivity contribution in [2.75, 3.05) is 13.6 Å². The summed E-state index contributed by atoms with van der Waals surface area (Å²) in [6.45, 7) is 6.45. The first kappa shape index (κ1) is 21.7. The Kier molecular flexibility index (Phi) is 6.37. The van der Waals surface area contributed by atoms with Crippen molar-refractivity contribution in [3.05, 3.63) is 76.0 Å². The molecule has 6 nitrogen and oxygen atoms in total. The number of β-amino-alcohol motifs (C(OH)–C–C–N with tert-alkyl or cyclic N) is 1. The van der Waals surface area contributed by atoms with Crippen LogP contribution in [-0.4, -0.2) is 35.1 Å². The molecule has 1 heterocycles. The largest absolute Gasteiger partial charge is 0.392 e. The molecular weight excluding hydrogens is 376 g/mol. The Labute approximate surface area is 178 Å². The predicted molar refractivity (Wildman–Crippen MR) is 118 cm³/mol. The van der Waals surface area contributed by atoms with Crippen LogP contribution in [0, 0.1) is 5.53 Å². The zero-order valence-electron chi connectivity index (χ0n) is 18.1. The smallest absolute Gasteiger partial charge is 0.254 e. The molecule has 1 aliphatic rings. The van der Waals surface area contributed by atoms with Crippen molar-refractivity contribution in [2.24, 2.45) is 5.11 Å². The van der Waals surface area contributed by atoms with Gasteiger partial charge in [0, 0.05) is 37.5 Å². The summed E-state index contributed by atoms with van der Waals surface area (Å²) in [6.07, 6.45) is 3.33. The second-order valence-corrected chi connectivity index (χ2v) is 8.41. The Hall–Kier alpha value is -2.99. The van der Waals surface area contributed by atoms with E-state index < -0.39 is 5.60 Å². The molecule has 3 N–H and O–H groups in total. The molecule has 2 aromatic carbocycles. The summed E-state index contributed by atoms with van der Waals surface area (Å²) in [5.74, 6) is -0.00900. The van der Waals surface area contributed by atoms with Gasteiger partial charge in [0.25, 0.3) is 5.91 Å². The Bertz CT molecular complexity index is 972. The summed E-state index contributed by atoms with van der Waals surface area (Å²) in [6, 6.07) is 12.2. The van der Waals surface area contributed by atoms with Crippen molar-refractivity contribution in [3.63, 3.8) is 0 Å². The number of carbonyl (C=O) groups is 1. The Morgan fingerprint density at radius 1 is 1.27 bits per heavy atom. The van der Waals surface area contributed by atoms with E-state index in [1.165, 1.54) is 5.56 Å². The molecule has 0 bridgehead atoms. The molecule has 1 amide bonds. The van der Waals surface area contributed by atoms with Crippen LogP contribution in [0.4, 0.5) is 0 Å². The van der Waals surface area contributed by atoms with Gasteiger partial charge in [-0.05, 0) is 55.0 Å². The summed E-state index contributed by atoms with van der Waals surface area (Å²) in [5.41, 5.74) is 13.2. The molecule has 6 heteroatoms. The molecule has 0 aromatic heterocycles. The lowest BCUT2D eigenvalue weighted by Crippen LogP contribution is -2.38. The molecule has 0 aliphatic carbocycles. The number of fused-ring (bicyclic) bond motifs is 1. The van der Waals surface area contributed by atoms with E-state index in [-0.39, 0.29) is 5.91 Å². The van der Waals surface area contributed by atoms with Crippen LogP contribution in [0.1, 0.15) is 58.9 Å². The fourth-order valence-corrected chi connectivity index (χ4v) is 3.94. The number of amides is 1. The van der Waals surface area contributed by atoms with E-state index in [2.05, 4.69) is 23.4 Å². The molecule has 0 spiro atoms. The highest BCUT2D eigenvalue weighted by atomic mass is 16.3. The van der Waals surface area contributed by atoms with Gasteiger partial charge in [-0.25, -0.2) is 5.53 Å². The molecule has 1 aliphatic heterocycles. The molecule has 0 fully saturated rings.